The summed E-state index contributed by atoms with van der Waals surface area (Å²) in [7, 11) is 0. The van der Waals surface area contributed by atoms with Gasteiger partial charge in [-0.2, -0.15) is 0 Å². The predicted octanol–water partition coefficient (Wildman–Crippen LogP) is 14.7. The van der Waals surface area contributed by atoms with Gasteiger partial charge in [0.25, 0.3) is 0 Å². The molecule has 0 amide bonds. The van der Waals surface area contributed by atoms with Gasteiger partial charge in [0.2, 0.25) is 0 Å². The van der Waals surface area contributed by atoms with Gasteiger partial charge in [-0.15, -0.1) is 11.3 Å². The van der Waals surface area contributed by atoms with Crippen LogP contribution in [0.3, 0.4) is 0 Å². The molecule has 0 aliphatic carbocycles. The van der Waals surface area contributed by atoms with Gasteiger partial charge in [-0.05, 0) is 101 Å². The molecule has 10 aromatic rings. The van der Waals surface area contributed by atoms with Gasteiger partial charge >= 0.3 is 0 Å². The molecule has 0 fully saturated rings. The van der Waals surface area contributed by atoms with Crippen LogP contribution in [0.2, 0.25) is 0 Å². The Labute approximate surface area is 301 Å². The van der Waals surface area contributed by atoms with E-state index in [0.717, 1.165) is 0 Å². The Balaban J connectivity index is 1.14. The lowest BCUT2D eigenvalue weighted by molar-refractivity contribution is 1.61. The second kappa shape index (κ2) is 12.2. The quantitative estimate of drug-likeness (QED) is 0.161. The summed E-state index contributed by atoms with van der Waals surface area (Å²) in [6.45, 7) is 0. The van der Waals surface area contributed by atoms with Gasteiger partial charge in [0.05, 0.1) is 0 Å². The molecule has 10 rings (SSSR count). The maximum atomic E-state index is 2.41. The van der Waals surface area contributed by atoms with E-state index in [0.29, 0.717) is 0 Å². The topological polar surface area (TPSA) is 0 Å². The first-order chi connectivity index (χ1) is 25.3. The van der Waals surface area contributed by atoms with Gasteiger partial charge in [-0.25, -0.2) is 0 Å². The van der Waals surface area contributed by atoms with E-state index in [1.54, 1.807) is 0 Å². The average Bonchev–Trinajstić information content (AvgIpc) is 3.59. The summed E-state index contributed by atoms with van der Waals surface area (Å²) in [5.74, 6) is 0. The molecular weight excluding hydrogens is 633 g/mol. The highest BCUT2D eigenvalue weighted by Gasteiger charge is 2.18. The lowest BCUT2D eigenvalue weighted by atomic mass is 9.85. The molecule has 1 aromatic heterocycles. The van der Waals surface area contributed by atoms with Crippen molar-refractivity contribution < 1.29 is 0 Å². The number of benzene rings is 9. The van der Waals surface area contributed by atoms with Crippen LogP contribution in [0.15, 0.2) is 194 Å². The normalized spacial score (nSPS) is 11.5. The molecule has 0 N–H and O–H groups in total. The molecule has 0 radical (unpaired) electrons. The number of fused-ring (bicyclic) bond motifs is 5. The molecule has 0 aliphatic heterocycles. The van der Waals surface area contributed by atoms with Crippen molar-refractivity contribution in [1.29, 1.82) is 0 Å². The minimum Gasteiger partial charge on any atom is -0.135 e. The summed E-state index contributed by atoms with van der Waals surface area (Å²) >= 11 is 1.89. The fourth-order valence-corrected chi connectivity index (χ4v) is 9.11. The molecule has 0 unspecified atom stereocenters. The fraction of sp³-hybridized carbons (Fsp3) is 0. The Bertz CT molecular complexity index is 2880. The maximum Gasteiger partial charge on any atom is 0.0433 e. The molecular formula is C50H32S. The van der Waals surface area contributed by atoms with Crippen LogP contribution in [-0.2, 0) is 0 Å². The molecule has 0 saturated carbocycles. The van der Waals surface area contributed by atoms with Crippen molar-refractivity contribution in [2.45, 2.75) is 0 Å². The maximum absolute atomic E-state index is 2.41. The van der Waals surface area contributed by atoms with Gasteiger partial charge in [0.15, 0.2) is 0 Å². The molecule has 9 aromatic carbocycles. The Morgan fingerprint density at radius 3 is 1.35 bits per heavy atom. The van der Waals surface area contributed by atoms with E-state index in [2.05, 4.69) is 194 Å². The first-order valence-electron chi connectivity index (χ1n) is 17.5. The lowest BCUT2D eigenvalue weighted by Crippen LogP contribution is -1.91. The van der Waals surface area contributed by atoms with Crippen molar-refractivity contribution in [3.05, 3.63) is 194 Å². The second-order valence-corrected chi connectivity index (χ2v) is 14.3. The smallest absolute Gasteiger partial charge is 0.0433 e. The molecule has 1 heterocycles. The Hall–Kier alpha value is -6.28. The summed E-state index contributed by atoms with van der Waals surface area (Å²) in [4.78, 5) is 0. The molecule has 238 valence electrons. The Morgan fingerprint density at radius 2 is 0.706 bits per heavy atom. The van der Waals surface area contributed by atoms with Crippen LogP contribution in [0.25, 0.3) is 97.4 Å². The number of hydrogen-bond donors (Lipinski definition) is 0. The summed E-state index contributed by atoms with van der Waals surface area (Å²) < 4.78 is 2.66. The SMILES string of the molecule is c1ccc(-c2c3ccccc3c(-c3ccccc3)c3cc(-c4cccc(-c5ccc6sc7c(-c8ccccc8)cccc7c6c5)c4)ccc23)cc1. The third-order valence-corrected chi connectivity index (χ3v) is 11.5. The molecule has 0 nitrogen and oxygen atoms in total. The van der Waals surface area contributed by atoms with Crippen LogP contribution in [0.5, 0.6) is 0 Å². The molecule has 0 spiro atoms. The number of thiophene rings is 1. The molecule has 0 aliphatic rings. The van der Waals surface area contributed by atoms with Crippen LogP contribution in [0, 0.1) is 0 Å². The summed E-state index contributed by atoms with van der Waals surface area (Å²) in [6.07, 6.45) is 0. The van der Waals surface area contributed by atoms with Crippen molar-refractivity contribution in [2.24, 2.45) is 0 Å². The fourth-order valence-electron chi connectivity index (χ4n) is 7.89. The van der Waals surface area contributed by atoms with Crippen LogP contribution >= 0.6 is 11.3 Å². The van der Waals surface area contributed by atoms with E-state index in [1.165, 1.54) is 97.4 Å². The molecule has 0 atom stereocenters. The second-order valence-electron chi connectivity index (χ2n) is 13.2. The lowest BCUT2D eigenvalue weighted by Gasteiger charge is -2.19. The molecule has 51 heavy (non-hydrogen) atoms. The average molecular weight is 665 g/mol. The standard InChI is InChI=1S/C50H32S/c1-4-14-33(15-5-1)40-24-13-25-44-45-31-39(27-29-47(45)51-50(40)44)37-21-12-20-36(30-37)38-26-28-43-46(32-38)49(35-18-8-3-9-19-35)42-23-11-10-22-41(42)48(43)34-16-6-2-7-17-34/h1-32H. The highest BCUT2D eigenvalue weighted by molar-refractivity contribution is 7.26. The largest absolute Gasteiger partial charge is 0.135 e. The van der Waals surface area contributed by atoms with Crippen LogP contribution in [0.1, 0.15) is 0 Å². The zero-order valence-electron chi connectivity index (χ0n) is 27.9. The molecule has 1 heteroatoms. The highest BCUT2D eigenvalue weighted by Crippen LogP contribution is 2.45. The minimum absolute atomic E-state index is 1.21. The van der Waals surface area contributed by atoms with Crippen molar-refractivity contribution >= 4 is 53.1 Å². The summed E-state index contributed by atoms with van der Waals surface area (Å²) in [5, 5.41) is 7.71. The van der Waals surface area contributed by atoms with E-state index >= 15 is 0 Å². The molecule has 0 bridgehead atoms. The minimum atomic E-state index is 1.21. The van der Waals surface area contributed by atoms with Crippen LogP contribution in [-0.4, -0.2) is 0 Å². The van der Waals surface area contributed by atoms with Gasteiger partial charge < -0.3 is 0 Å². The van der Waals surface area contributed by atoms with Gasteiger partial charge in [-0.3, -0.25) is 0 Å². The van der Waals surface area contributed by atoms with Crippen molar-refractivity contribution in [2.75, 3.05) is 0 Å². The third kappa shape index (κ3) is 5.05. The predicted molar refractivity (Wildman–Crippen MR) is 222 cm³/mol. The van der Waals surface area contributed by atoms with E-state index in [4.69, 9.17) is 0 Å². The first kappa shape index (κ1) is 29.6. The monoisotopic (exact) mass is 664 g/mol. The Morgan fingerprint density at radius 1 is 0.255 bits per heavy atom. The van der Waals surface area contributed by atoms with Crippen molar-refractivity contribution in [3.63, 3.8) is 0 Å². The third-order valence-electron chi connectivity index (χ3n) is 10.3. The van der Waals surface area contributed by atoms with Crippen LogP contribution < -0.4 is 0 Å². The van der Waals surface area contributed by atoms with E-state index in [1.807, 2.05) is 11.3 Å². The highest BCUT2D eigenvalue weighted by atomic mass is 32.1. The van der Waals surface area contributed by atoms with Crippen molar-refractivity contribution in [1.82, 2.24) is 0 Å². The number of hydrogen-bond acceptors (Lipinski definition) is 1. The van der Waals surface area contributed by atoms with E-state index in [-0.39, 0.29) is 0 Å². The Kier molecular flexibility index (Phi) is 7.11. The van der Waals surface area contributed by atoms with Gasteiger partial charge in [0, 0.05) is 20.2 Å². The zero-order chi connectivity index (χ0) is 33.7. The van der Waals surface area contributed by atoms with E-state index < -0.39 is 0 Å². The van der Waals surface area contributed by atoms with E-state index in [9.17, 15) is 0 Å². The number of rotatable bonds is 5. The summed E-state index contributed by atoms with van der Waals surface area (Å²) in [5.41, 5.74) is 12.5. The van der Waals surface area contributed by atoms with Crippen LogP contribution in [0.4, 0.5) is 0 Å². The molecule has 0 saturated heterocycles. The zero-order valence-corrected chi connectivity index (χ0v) is 28.7. The van der Waals surface area contributed by atoms with Gasteiger partial charge in [0.1, 0.15) is 0 Å². The van der Waals surface area contributed by atoms with Gasteiger partial charge in [-0.1, -0.05) is 170 Å². The first-order valence-corrected chi connectivity index (χ1v) is 18.3. The summed E-state index contributed by atoms with van der Waals surface area (Å²) in [6, 6.07) is 71.1. The van der Waals surface area contributed by atoms with Crippen molar-refractivity contribution in [3.8, 4) is 55.6 Å².